The van der Waals surface area contributed by atoms with Crippen LogP contribution in [0.5, 0.6) is 0 Å². The Morgan fingerprint density at radius 2 is 2.12 bits per heavy atom. The maximum absolute atomic E-state index is 11.1. The number of aliphatic imine (C=N–C) groups is 1. The van der Waals surface area contributed by atoms with E-state index in [9.17, 15) is 8.42 Å². The lowest BCUT2D eigenvalue weighted by Gasteiger charge is -2.21. The molecule has 148 valence electrons. The Hall–Kier alpha value is -0.590. The van der Waals surface area contributed by atoms with E-state index in [0.29, 0.717) is 19.1 Å². The van der Waals surface area contributed by atoms with Crippen LogP contribution in [0.4, 0.5) is 5.69 Å². The van der Waals surface area contributed by atoms with Gasteiger partial charge in [-0.05, 0) is 41.4 Å². The molecule has 10 heteroatoms. The summed E-state index contributed by atoms with van der Waals surface area (Å²) >= 11 is 3.61. The number of hydrogen-bond acceptors (Lipinski definition) is 4. The lowest BCUT2D eigenvalue weighted by Crippen LogP contribution is -2.45. The molecule has 0 radical (unpaired) electrons. The van der Waals surface area contributed by atoms with Gasteiger partial charge in [-0.3, -0.25) is 4.99 Å². The van der Waals surface area contributed by atoms with Crippen LogP contribution in [0.15, 0.2) is 33.7 Å². The molecule has 1 aliphatic rings. The molecule has 1 atom stereocenters. The molecule has 0 aliphatic carbocycles. The minimum absolute atomic E-state index is 0. The van der Waals surface area contributed by atoms with Gasteiger partial charge in [-0.25, -0.2) is 13.1 Å². The summed E-state index contributed by atoms with van der Waals surface area (Å²) < 4.78 is 25.7. The molecule has 3 N–H and O–H groups in total. The van der Waals surface area contributed by atoms with Crippen LogP contribution in [0, 0.1) is 0 Å². The second-order valence-corrected chi connectivity index (χ2v) is 8.64. The van der Waals surface area contributed by atoms with E-state index in [1.54, 1.807) is 0 Å². The molecule has 0 spiro atoms. The molecule has 2 rings (SSSR count). The van der Waals surface area contributed by atoms with E-state index in [2.05, 4.69) is 53.3 Å². The zero-order chi connectivity index (χ0) is 18.3. The number of anilines is 1. The van der Waals surface area contributed by atoms with Crippen molar-refractivity contribution in [2.24, 2.45) is 4.99 Å². The zero-order valence-corrected chi connectivity index (χ0v) is 19.8. The van der Waals surface area contributed by atoms with Crippen LogP contribution in [0.1, 0.15) is 13.3 Å². The first-order valence-corrected chi connectivity index (χ1v) is 11.1. The maximum atomic E-state index is 11.1. The molecule has 1 fully saturated rings. The Bertz CT molecular complexity index is 702. The molecule has 1 aromatic carbocycles. The van der Waals surface area contributed by atoms with E-state index in [0.717, 1.165) is 42.7 Å². The number of guanidine groups is 1. The van der Waals surface area contributed by atoms with E-state index < -0.39 is 10.0 Å². The standard InChI is InChI=1S/C16H26BrN5O2S.HI/c1-3-18-16(19-9-10-20-25(2,23)24)21-13-8-11-22(12-13)15-7-5-4-6-14(15)17;/h4-7,13,20H,3,8-12H2,1-2H3,(H2,18,19,21);1H. The Kier molecular flexibility index (Phi) is 10.2. The van der Waals surface area contributed by atoms with Crippen LogP contribution < -0.4 is 20.3 Å². The molecule has 1 unspecified atom stereocenters. The van der Waals surface area contributed by atoms with Gasteiger partial charge < -0.3 is 15.5 Å². The van der Waals surface area contributed by atoms with E-state index in [1.165, 1.54) is 5.69 Å². The molecule has 1 aliphatic heterocycles. The predicted octanol–water partition coefficient (Wildman–Crippen LogP) is 1.75. The molecule has 7 nitrogen and oxygen atoms in total. The van der Waals surface area contributed by atoms with Gasteiger partial charge in [0.15, 0.2) is 5.96 Å². The number of benzene rings is 1. The van der Waals surface area contributed by atoms with Crippen molar-refractivity contribution in [2.75, 3.05) is 43.9 Å². The highest BCUT2D eigenvalue weighted by molar-refractivity contribution is 14.0. The Balaban J connectivity index is 0.00000338. The van der Waals surface area contributed by atoms with Gasteiger partial charge in [0.1, 0.15) is 0 Å². The molecular formula is C16H27BrIN5O2S. The number of nitrogens with zero attached hydrogens (tertiary/aromatic N) is 2. The Labute approximate surface area is 181 Å². The van der Waals surface area contributed by atoms with Gasteiger partial charge in [0.05, 0.1) is 18.5 Å². The monoisotopic (exact) mass is 559 g/mol. The molecule has 0 amide bonds. The van der Waals surface area contributed by atoms with Crippen molar-refractivity contribution in [1.82, 2.24) is 15.4 Å². The molecule has 0 aromatic heterocycles. The van der Waals surface area contributed by atoms with Crippen LogP contribution in [0.3, 0.4) is 0 Å². The first-order chi connectivity index (χ1) is 11.9. The topological polar surface area (TPSA) is 85.8 Å². The second kappa shape index (κ2) is 11.3. The van der Waals surface area contributed by atoms with Gasteiger partial charge in [-0.2, -0.15) is 0 Å². The highest BCUT2D eigenvalue weighted by Crippen LogP contribution is 2.28. The number of hydrogen-bond donors (Lipinski definition) is 3. The van der Waals surface area contributed by atoms with Gasteiger partial charge in [-0.15, -0.1) is 24.0 Å². The molecule has 0 bridgehead atoms. The van der Waals surface area contributed by atoms with Gasteiger partial charge in [-0.1, -0.05) is 12.1 Å². The van der Waals surface area contributed by atoms with Crippen molar-refractivity contribution in [3.8, 4) is 0 Å². The van der Waals surface area contributed by atoms with Crippen molar-refractivity contribution >= 4 is 61.6 Å². The summed E-state index contributed by atoms with van der Waals surface area (Å²) in [4.78, 5) is 6.78. The van der Waals surface area contributed by atoms with Crippen LogP contribution in [0.25, 0.3) is 0 Å². The highest BCUT2D eigenvalue weighted by atomic mass is 127. The largest absolute Gasteiger partial charge is 0.368 e. The third-order valence-corrected chi connectivity index (χ3v) is 5.21. The fourth-order valence-corrected chi connectivity index (χ4v) is 3.71. The summed E-state index contributed by atoms with van der Waals surface area (Å²) in [6.07, 6.45) is 2.17. The minimum atomic E-state index is -3.17. The molecule has 26 heavy (non-hydrogen) atoms. The molecule has 0 saturated carbocycles. The third-order valence-electron chi connectivity index (χ3n) is 3.81. The fourth-order valence-electron chi connectivity index (χ4n) is 2.72. The van der Waals surface area contributed by atoms with Gasteiger partial charge in [0, 0.05) is 36.7 Å². The summed E-state index contributed by atoms with van der Waals surface area (Å²) in [5, 5.41) is 6.65. The third kappa shape index (κ3) is 7.97. The van der Waals surface area contributed by atoms with Crippen molar-refractivity contribution in [2.45, 2.75) is 19.4 Å². The average molecular weight is 560 g/mol. The summed E-state index contributed by atoms with van der Waals surface area (Å²) in [7, 11) is -3.17. The zero-order valence-electron chi connectivity index (χ0n) is 15.0. The number of rotatable bonds is 7. The van der Waals surface area contributed by atoms with Gasteiger partial charge >= 0.3 is 0 Å². The SMILES string of the molecule is CCNC(=NCCNS(C)(=O)=O)NC1CCN(c2ccccc2Br)C1.I. The number of sulfonamides is 1. The molecular weight excluding hydrogens is 533 g/mol. The minimum Gasteiger partial charge on any atom is -0.368 e. The van der Waals surface area contributed by atoms with E-state index in [4.69, 9.17) is 0 Å². The quantitative estimate of drug-likeness (QED) is 0.205. The normalized spacial score (nSPS) is 17.7. The van der Waals surface area contributed by atoms with Crippen LogP contribution in [0.2, 0.25) is 0 Å². The van der Waals surface area contributed by atoms with Gasteiger partial charge in [0.25, 0.3) is 0 Å². The number of halogens is 2. The highest BCUT2D eigenvalue weighted by Gasteiger charge is 2.24. The summed E-state index contributed by atoms with van der Waals surface area (Å²) in [6.45, 7) is 5.33. The second-order valence-electron chi connectivity index (χ2n) is 5.95. The lowest BCUT2D eigenvalue weighted by atomic mass is 10.3. The Morgan fingerprint density at radius 3 is 2.77 bits per heavy atom. The van der Waals surface area contributed by atoms with E-state index >= 15 is 0 Å². The van der Waals surface area contributed by atoms with Crippen LogP contribution >= 0.6 is 39.9 Å². The van der Waals surface area contributed by atoms with Gasteiger partial charge in [0.2, 0.25) is 10.0 Å². The van der Waals surface area contributed by atoms with Crippen molar-refractivity contribution < 1.29 is 8.42 Å². The first kappa shape index (κ1) is 23.4. The van der Waals surface area contributed by atoms with Crippen molar-refractivity contribution in [3.05, 3.63) is 28.7 Å². The fraction of sp³-hybridized carbons (Fsp3) is 0.562. The van der Waals surface area contributed by atoms with Crippen molar-refractivity contribution in [1.29, 1.82) is 0 Å². The number of nitrogens with one attached hydrogen (secondary N) is 3. The predicted molar refractivity (Wildman–Crippen MR) is 122 cm³/mol. The molecule has 1 aromatic rings. The molecule has 1 heterocycles. The summed E-state index contributed by atoms with van der Waals surface area (Å²) in [5.41, 5.74) is 1.20. The Morgan fingerprint density at radius 1 is 1.38 bits per heavy atom. The average Bonchev–Trinajstić information content (AvgIpc) is 2.99. The maximum Gasteiger partial charge on any atom is 0.208 e. The van der Waals surface area contributed by atoms with E-state index in [1.807, 2.05) is 19.1 Å². The summed E-state index contributed by atoms with van der Waals surface area (Å²) in [6, 6.07) is 8.52. The smallest absolute Gasteiger partial charge is 0.208 e. The van der Waals surface area contributed by atoms with Crippen molar-refractivity contribution in [3.63, 3.8) is 0 Å². The number of para-hydroxylation sites is 1. The van der Waals surface area contributed by atoms with Crippen LogP contribution in [-0.2, 0) is 10.0 Å². The van der Waals surface area contributed by atoms with E-state index in [-0.39, 0.29) is 24.0 Å². The first-order valence-electron chi connectivity index (χ1n) is 8.38. The lowest BCUT2D eigenvalue weighted by molar-refractivity contribution is 0.588. The van der Waals surface area contributed by atoms with Crippen LogP contribution in [-0.4, -0.2) is 59.4 Å². The molecule has 1 saturated heterocycles. The summed E-state index contributed by atoms with van der Waals surface area (Å²) in [5.74, 6) is 0.719.